The summed E-state index contributed by atoms with van der Waals surface area (Å²) in [6, 6.07) is 17.7. The zero-order valence-electron chi connectivity index (χ0n) is 25.0. The predicted octanol–water partition coefficient (Wildman–Crippen LogP) is 5.59. The van der Waals surface area contributed by atoms with Gasteiger partial charge in [-0.15, -0.1) is 0 Å². The average Bonchev–Trinajstić information content (AvgIpc) is 3.00. The minimum Gasteiger partial charge on any atom is -0.494 e. The Morgan fingerprint density at radius 3 is 2.19 bits per heavy atom. The molecule has 1 atom stereocenters. The molecule has 0 saturated heterocycles. The van der Waals surface area contributed by atoms with Crippen molar-refractivity contribution in [2.24, 2.45) is 0 Å². The molecule has 43 heavy (non-hydrogen) atoms. The van der Waals surface area contributed by atoms with E-state index in [4.69, 9.17) is 4.74 Å². The van der Waals surface area contributed by atoms with Crippen molar-refractivity contribution in [2.75, 3.05) is 17.5 Å². The molecule has 8 nitrogen and oxygen atoms in total. The Bertz CT molecular complexity index is 1470. The van der Waals surface area contributed by atoms with Crippen LogP contribution in [0.25, 0.3) is 0 Å². The number of ether oxygens (including phenoxy) is 1. The number of anilines is 1. The fourth-order valence-corrected chi connectivity index (χ4v) is 6.59. The summed E-state index contributed by atoms with van der Waals surface area (Å²) < 4.78 is 48.2. The quantitative estimate of drug-likeness (QED) is 0.289. The zero-order chi connectivity index (χ0) is 31.0. The maximum atomic E-state index is 14.1. The van der Waals surface area contributed by atoms with Crippen LogP contribution in [-0.4, -0.2) is 50.4 Å². The molecule has 0 heterocycles. The second-order valence-electron chi connectivity index (χ2n) is 10.9. The van der Waals surface area contributed by atoms with E-state index in [0.29, 0.717) is 23.6 Å². The number of benzene rings is 3. The summed E-state index contributed by atoms with van der Waals surface area (Å²) in [7, 11) is -4.19. The number of amides is 2. The van der Waals surface area contributed by atoms with Crippen molar-refractivity contribution >= 4 is 27.5 Å². The van der Waals surface area contributed by atoms with Gasteiger partial charge in [-0.2, -0.15) is 0 Å². The van der Waals surface area contributed by atoms with Crippen LogP contribution in [0.5, 0.6) is 5.75 Å². The van der Waals surface area contributed by atoms with E-state index >= 15 is 0 Å². The van der Waals surface area contributed by atoms with Gasteiger partial charge in [-0.1, -0.05) is 49.1 Å². The fraction of sp³-hybridized carbons (Fsp3) is 0.394. The summed E-state index contributed by atoms with van der Waals surface area (Å²) in [4.78, 5) is 28.8. The van der Waals surface area contributed by atoms with Gasteiger partial charge in [0.25, 0.3) is 10.0 Å². The number of carbonyl (C=O) groups excluding carboxylic acids is 2. The SMILES string of the molecule is CCOc1ccc(S(=O)(=O)N(CC(=O)N(Cc2ccc(F)cc2)[C@H](C)C(=O)NC2CCCCC2)c2ccc(C)cc2)cc1. The number of nitrogens with zero attached hydrogens (tertiary/aromatic N) is 2. The fourth-order valence-electron chi connectivity index (χ4n) is 5.18. The molecule has 1 saturated carbocycles. The van der Waals surface area contributed by atoms with Gasteiger partial charge in [0.2, 0.25) is 11.8 Å². The van der Waals surface area contributed by atoms with Crippen LogP contribution in [0.4, 0.5) is 10.1 Å². The van der Waals surface area contributed by atoms with E-state index in [2.05, 4.69) is 5.32 Å². The molecule has 4 rings (SSSR count). The van der Waals surface area contributed by atoms with E-state index in [-0.39, 0.29) is 23.4 Å². The molecule has 3 aromatic rings. The Hall–Kier alpha value is -3.92. The Labute approximate surface area is 253 Å². The molecule has 3 aromatic carbocycles. The highest BCUT2D eigenvalue weighted by molar-refractivity contribution is 7.92. The molecule has 1 N–H and O–H groups in total. The number of sulfonamides is 1. The number of hydrogen-bond donors (Lipinski definition) is 1. The van der Waals surface area contributed by atoms with Crippen molar-refractivity contribution in [3.63, 3.8) is 0 Å². The topological polar surface area (TPSA) is 96.0 Å². The van der Waals surface area contributed by atoms with Crippen LogP contribution < -0.4 is 14.4 Å². The Morgan fingerprint density at radius 1 is 0.953 bits per heavy atom. The van der Waals surface area contributed by atoms with E-state index in [1.165, 1.54) is 29.2 Å². The lowest BCUT2D eigenvalue weighted by Gasteiger charge is -2.33. The number of aryl methyl sites for hydroxylation is 1. The average molecular weight is 610 g/mol. The first kappa shape index (κ1) is 32.0. The number of nitrogens with one attached hydrogen (secondary N) is 1. The first-order chi connectivity index (χ1) is 20.6. The second-order valence-corrected chi connectivity index (χ2v) is 12.8. The van der Waals surface area contributed by atoms with Crippen LogP contribution in [-0.2, 0) is 26.2 Å². The molecule has 2 amide bonds. The normalized spacial score (nSPS) is 14.5. The summed E-state index contributed by atoms with van der Waals surface area (Å²) >= 11 is 0. The maximum Gasteiger partial charge on any atom is 0.264 e. The van der Waals surface area contributed by atoms with Crippen LogP contribution in [0, 0.1) is 12.7 Å². The van der Waals surface area contributed by atoms with Gasteiger partial charge in [-0.25, -0.2) is 12.8 Å². The number of carbonyl (C=O) groups is 2. The molecule has 0 unspecified atom stereocenters. The molecule has 10 heteroatoms. The third-order valence-corrected chi connectivity index (χ3v) is 9.50. The molecule has 0 radical (unpaired) electrons. The van der Waals surface area contributed by atoms with E-state index in [9.17, 15) is 22.4 Å². The van der Waals surface area contributed by atoms with Gasteiger partial charge in [0.05, 0.1) is 17.2 Å². The van der Waals surface area contributed by atoms with Gasteiger partial charge in [0, 0.05) is 12.6 Å². The summed E-state index contributed by atoms with van der Waals surface area (Å²) in [6.07, 6.45) is 4.96. The second kappa shape index (κ2) is 14.5. The molecule has 1 aliphatic rings. The lowest BCUT2D eigenvalue weighted by Crippen LogP contribution is -2.53. The summed E-state index contributed by atoms with van der Waals surface area (Å²) in [5.74, 6) is -0.760. The van der Waals surface area contributed by atoms with Crippen molar-refractivity contribution in [3.8, 4) is 5.75 Å². The van der Waals surface area contributed by atoms with Crippen LogP contribution in [0.2, 0.25) is 0 Å². The molecule has 0 spiro atoms. The highest BCUT2D eigenvalue weighted by atomic mass is 32.2. The third kappa shape index (κ3) is 8.34. The molecule has 230 valence electrons. The lowest BCUT2D eigenvalue weighted by atomic mass is 9.95. The summed E-state index contributed by atoms with van der Waals surface area (Å²) in [5, 5.41) is 3.08. The lowest BCUT2D eigenvalue weighted by molar-refractivity contribution is -0.139. The third-order valence-electron chi connectivity index (χ3n) is 7.71. The molecule has 0 aromatic heterocycles. The summed E-state index contributed by atoms with van der Waals surface area (Å²) in [5.41, 5.74) is 1.86. The number of rotatable bonds is 12. The van der Waals surface area contributed by atoms with Gasteiger partial charge in [-0.3, -0.25) is 13.9 Å². The van der Waals surface area contributed by atoms with Gasteiger partial charge in [0.15, 0.2) is 0 Å². The van der Waals surface area contributed by atoms with Crippen molar-refractivity contribution in [2.45, 2.75) is 76.4 Å². The van der Waals surface area contributed by atoms with E-state index in [1.807, 2.05) is 13.8 Å². The molecule has 0 bridgehead atoms. The van der Waals surface area contributed by atoms with Crippen molar-refractivity contribution in [3.05, 3.63) is 89.7 Å². The molecule has 1 aliphatic carbocycles. The zero-order valence-corrected chi connectivity index (χ0v) is 25.8. The van der Waals surface area contributed by atoms with Crippen LogP contribution in [0.3, 0.4) is 0 Å². The molecular formula is C33H40FN3O5S. The standard InChI is InChI=1S/C33H40FN3O5S/c1-4-42-30-18-20-31(21-19-30)43(40,41)37(29-16-10-24(2)11-17-29)23-32(38)36(22-26-12-14-27(34)15-13-26)25(3)33(39)35-28-8-6-5-7-9-28/h10-21,25,28H,4-9,22-23H2,1-3H3,(H,35,39)/t25-/m1/s1. The van der Waals surface area contributed by atoms with Gasteiger partial charge < -0.3 is 15.0 Å². The monoisotopic (exact) mass is 609 g/mol. The molecular weight excluding hydrogens is 569 g/mol. The Kier molecular flexibility index (Phi) is 10.8. The van der Waals surface area contributed by atoms with Crippen molar-refractivity contribution in [1.82, 2.24) is 10.2 Å². The largest absolute Gasteiger partial charge is 0.494 e. The minimum absolute atomic E-state index is 0.00231. The van der Waals surface area contributed by atoms with Crippen molar-refractivity contribution in [1.29, 1.82) is 0 Å². The molecule has 1 fully saturated rings. The van der Waals surface area contributed by atoms with Gasteiger partial charge in [0.1, 0.15) is 24.2 Å². The Morgan fingerprint density at radius 2 is 1.58 bits per heavy atom. The minimum atomic E-state index is -4.19. The first-order valence-electron chi connectivity index (χ1n) is 14.7. The van der Waals surface area contributed by atoms with Crippen LogP contribution in [0.15, 0.2) is 77.7 Å². The smallest absolute Gasteiger partial charge is 0.264 e. The highest BCUT2D eigenvalue weighted by Gasteiger charge is 2.33. The van der Waals surface area contributed by atoms with E-state index < -0.39 is 34.3 Å². The maximum absolute atomic E-state index is 14.1. The summed E-state index contributed by atoms with van der Waals surface area (Å²) in [6.45, 7) is 5.26. The Balaban J connectivity index is 1.66. The highest BCUT2D eigenvalue weighted by Crippen LogP contribution is 2.27. The number of halogens is 1. The van der Waals surface area contributed by atoms with Gasteiger partial charge in [-0.05, 0) is 87.7 Å². The van der Waals surface area contributed by atoms with Crippen LogP contribution >= 0.6 is 0 Å². The first-order valence-corrected chi connectivity index (χ1v) is 16.2. The van der Waals surface area contributed by atoms with Gasteiger partial charge >= 0.3 is 0 Å². The van der Waals surface area contributed by atoms with E-state index in [1.54, 1.807) is 55.5 Å². The predicted molar refractivity (Wildman–Crippen MR) is 165 cm³/mol. The molecule has 0 aliphatic heterocycles. The van der Waals surface area contributed by atoms with E-state index in [0.717, 1.165) is 42.0 Å². The van der Waals surface area contributed by atoms with Crippen molar-refractivity contribution < 1.29 is 27.1 Å². The van der Waals surface area contributed by atoms with Crippen LogP contribution in [0.1, 0.15) is 57.1 Å². The number of hydrogen-bond acceptors (Lipinski definition) is 5.